The number of aromatic nitrogens is 5. The second kappa shape index (κ2) is 5.83. The number of rotatable bonds is 3. The Balaban J connectivity index is 1.48. The number of hydrogen-bond donors (Lipinski definition) is 2. The van der Waals surface area contributed by atoms with Gasteiger partial charge in [0.1, 0.15) is 5.69 Å². The third kappa shape index (κ3) is 2.69. The highest BCUT2D eigenvalue weighted by Crippen LogP contribution is 2.21. The highest BCUT2D eigenvalue weighted by molar-refractivity contribution is 5.92. The Labute approximate surface area is 133 Å². The van der Waals surface area contributed by atoms with Crippen molar-refractivity contribution in [2.24, 2.45) is 0 Å². The van der Waals surface area contributed by atoms with E-state index in [2.05, 4.69) is 25.5 Å². The monoisotopic (exact) mass is 310 g/mol. The van der Waals surface area contributed by atoms with E-state index < -0.39 is 0 Å². The highest BCUT2D eigenvalue weighted by Gasteiger charge is 2.17. The molecule has 1 aliphatic rings. The number of amides is 1. The lowest BCUT2D eigenvalue weighted by Gasteiger charge is -2.03. The van der Waals surface area contributed by atoms with Crippen molar-refractivity contribution in [3.05, 3.63) is 47.3 Å². The first-order valence-electron chi connectivity index (χ1n) is 7.94. The van der Waals surface area contributed by atoms with Crippen molar-refractivity contribution < 1.29 is 4.79 Å². The second-order valence-corrected chi connectivity index (χ2v) is 5.82. The molecule has 0 fully saturated rings. The zero-order valence-corrected chi connectivity index (χ0v) is 12.7. The second-order valence-electron chi connectivity index (χ2n) is 5.82. The summed E-state index contributed by atoms with van der Waals surface area (Å²) in [4.78, 5) is 20.6. The van der Waals surface area contributed by atoms with Gasteiger partial charge in [-0.3, -0.25) is 14.3 Å². The molecule has 4 rings (SSSR count). The standard InChI is InChI=1S/C16H18N6O/c23-15(14-10-22-8-4-7-17-16(22)19-14)18-9-13-11-5-2-1-3-6-12(11)20-21-13/h4,7-8,10H,1-3,5-6,9H2,(H,18,23)(H,20,21). The molecule has 0 bridgehead atoms. The SMILES string of the molecule is O=C(NCc1n[nH]c2c1CCCCC2)c1cn2cccnc2n1. The Morgan fingerprint density at radius 3 is 3.13 bits per heavy atom. The van der Waals surface area contributed by atoms with E-state index >= 15 is 0 Å². The Bertz CT molecular complexity index is 816. The van der Waals surface area contributed by atoms with Crippen LogP contribution in [0.4, 0.5) is 0 Å². The van der Waals surface area contributed by atoms with Gasteiger partial charge in [-0.25, -0.2) is 9.97 Å². The van der Waals surface area contributed by atoms with Crippen LogP contribution in [-0.2, 0) is 19.4 Å². The van der Waals surface area contributed by atoms with Gasteiger partial charge in [-0.15, -0.1) is 0 Å². The minimum absolute atomic E-state index is 0.208. The van der Waals surface area contributed by atoms with Crippen molar-refractivity contribution >= 4 is 11.7 Å². The number of fused-ring (bicyclic) bond motifs is 2. The number of nitrogens with one attached hydrogen (secondary N) is 2. The van der Waals surface area contributed by atoms with Crippen LogP contribution in [0.2, 0.25) is 0 Å². The van der Waals surface area contributed by atoms with Crippen molar-refractivity contribution in [2.45, 2.75) is 38.6 Å². The van der Waals surface area contributed by atoms with Crippen LogP contribution in [0.1, 0.15) is 46.7 Å². The van der Waals surface area contributed by atoms with E-state index in [0.717, 1.165) is 18.5 Å². The first kappa shape index (κ1) is 13.9. The number of nitrogens with zero attached hydrogens (tertiary/aromatic N) is 4. The molecular weight excluding hydrogens is 292 g/mol. The molecule has 0 saturated heterocycles. The van der Waals surface area contributed by atoms with Gasteiger partial charge in [-0.05, 0) is 37.3 Å². The summed E-state index contributed by atoms with van der Waals surface area (Å²) in [6.45, 7) is 0.423. The van der Waals surface area contributed by atoms with Crippen molar-refractivity contribution in [1.82, 2.24) is 29.9 Å². The van der Waals surface area contributed by atoms with E-state index in [4.69, 9.17) is 0 Å². The lowest BCUT2D eigenvalue weighted by atomic mass is 10.1. The van der Waals surface area contributed by atoms with E-state index in [-0.39, 0.29) is 5.91 Å². The van der Waals surface area contributed by atoms with Gasteiger partial charge in [-0.2, -0.15) is 5.10 Å². The quantitative estimate of drug-likeness (QED) is 0.720. The molecule has 23 heavy (non-hydrogen) atoms. The molecule has 0 saturated carbocycles. The molecule has 0 unspecified atom stereocenters. The van der Waals surface area contributed by atoms with Gasteiger partial charge in [0, 0.05) is 24.3 Å². The molecular formula is C16H18N6O. The number of aryl methyl sites for hydroxylation is 1. The largest absolute Gasteiger partial charge is 0.345 e. The predicted molar refractivity (Wildman–Crippen MR) is 84.0 cm³/mol. The highest BCUT2D eigenvalue weighted by atomic mass is 16.1. The summed E-state index contributed by atoms with van der Waals surface area (Å²) in [5.74, 6) is 0.312. The Hall–Kier alpha value is -2.70. The van der Waals surface area contributed by atoms with Gasteiger partial charge in [0.15, 0.2) is 0 Å². The van der Waals surface area contributed by atoms with Crippen LogP contribution in [0.15, 0.2) is 24.7 Å². The topological polar surface area (TPSA) is 88.0 Å². The average molecular weight is 310 g/mol. The number of hydrogen-bond acceptors (Lipinski definition) is 4. The van der Waals surface area contributed by atoms with Crippen molar-refractivity contribution in [2.75, 3.05) is 0 Å². The maximum absolute atomic E-state index is 12.3. The lowest BCUT2D eigenvalue weighted by molar-refractivity contribution is 0.0946. The Kier molecular flexibility index (Phi) is 3.53. The fourth-order valence-corrected chi connectivity index (χ4v) is 3.07. The molecule has 0 aromatic carbocycles. The molecule has 0 spiro atoms. The van der Waals surface area contributed by atoms with Gasteiger partial charge in [0.2, 0.25) is 5.78 Å². The molecule has 0 radical (unpaired) electrons. The minimum atomic E-state index is -0.208. The molecule has 2 N–H and O–H groups in total. The van der Waals surface area contributed by atoms with Crippen LogP contribution in [0.25, 0.3) is 5.78 Å². The molecule has 3 aromatic rings. The number of carbonyl (C=O) groups excluding carboxylic acids is 1. The fourth-order valence-electron chi connectivity index (χ4n) is 3.07. The lowest BCUT2D eigenvalue weighted by Crippen LogP contribution is -2.24. The smallest absolute Gasteiger partial charge is 0.271 e. The summed E-state index contributed by atoms with van der Waals surface area (Å²) in [6, 6.07) is 1.80. The predicted octanol–water partition coefficient (Wildman–Crippen LogP) is 1.65. The molecule has 1 aliphatic carbocycles. The molecule has 118 valence electrons. The molecule has 1 amide bonds. The first-order valence-corrected chi connectivity index (χ1v) is 7.94. The van der Waals surface area contributed by atoms with Crippen molar-refractivity contribution in [1.29, 1.82) is 0 Å². The number of carbonyl (C=O) groups is 1. The van der Waals surface area contributed by atoms with Crippen LogP contribution in [0.5, 0.6) is 0 Å². The van der Waals surface area contributed by atoms with Crippen LogP contribution < -0.4 is 5.32 Å². The number of imidazole rings is 1. The Morgan fingerprint density at radius 1 is 1.30 bits per heavy atom. The maximum atomic E-state index is 12.3. The molecule has 7 heteroatoms. The van der Waals surface area contributed by atoms with Gasteiger partial charge in [-0.1, -0.05) is 6.42 Å². The van der Waals surface area contributed by atoms with E-state index in [1.807, 2.05) is 6.20 Å². The fraction of sp³-hybridized carbons (Fsp3) is 0.375. The van der Waals surface area contributed by atoms with Gasteiger partial charge in [0.25, 0.3) is 5.91 Å². The summed E-state index contributed by atoms with van der Waals surface area (Å²) in [6.07, 6.45) is 10.9. The van der Waals surface area contributed by atoms with Gasteiger partial charge in [0.05, 0.1) is 12.2 Å². The van der Waals surface area contributed by atoms with E-state index in [1.54, 1.807) is 22.9 Å². The zero-order chi connectivity index (χ0) is 15.6. The van der Waals surface area contributed by atoms with Crippen LogP contribution in [0, 0.1) is 0 Å². The van der Waals surface area contributed by atoms with Crippen LogP contribution in [-0.4, -0.2) is 30.5 Å². The Morgan fingerprint density at radius 2 is 2.22 bits per heavy atom. The number of aromatic amines is 1. The molecule has 7 nitrogen and oxygen atoms in total. The van der Waals surface area contributed by atoms with Gasteiger partial charge < -0.3 is 5.32 Å². The van der Waals surface area contributed by atoms with Crippen LogP contribution in [0.3, 0.4) is 0 Å². The number of H-pyrrole nitrogens is 1. The minimum Gasteiger partial charge on any atom is -0.345 e. The summed E-state index contributed by atoms with van der Waals surface area (Å²) in [5, 5.41) is 10.4. The summed E-state index contributed by atoms with van der Waals surface area (Å²) < 4.78 is 1.73. The van der Waals surface area contributed by atoms with Gasteiger partial charge >= 0.3 is 0 Å². The molecule has 3 heterocycles. The van der Waals surface area contributed by atoms with Crippen molar-refractivity contribution in [3.8, 4) is 0 Å². The van der Waals surface area contributed by atoms with Crippen molar-refractivity contribution in [3.63, 3.8) is 0 Å². The average Bonchev–Trinajstić information content (AvgIpc) is 3.10. The maximum Gasteiger partial charge on any atom is 0.271 e. The summed E-state index contributed by atoms with van der Waals surface area (Å²) in [7, 11) is 0. The molecule has 0 aliphatic heterocycles. The van der Waals surface area contributed by atoms with E-state index in [9.17, 15) is 4.79 Å². The van der Waals surface area contributed by atoms with Crippen LogP contribution >= 0.6 is 0 Å². The normalized spacial score (nSPS) is 14.4. The van der Waals surface area contributed by atoms with E-state index in [0.29, 0.717) is 18.0 Å². The zero-order valence-electron chi connectivity index (χ0n) is 12.7. The first-order chi connectivity index (χ1) is 11.3. The molecule has 0 atom stereocenters. The summed E-state index contributed by atoms with van der Waals surface area (Å²) >= 11 is 0. The van der Waals surface area contributed by atoms with E-state index in [1.165, 1.54) is 30.5 Å². The summed E-state index contributed by atoms with van der Waals surface area (Å²) in [5.41, 5.74) is 3.81. The third-order valence-electron chi connectivity index (χ3n) is 4.28. The molecule has 3 aromatic heterocycles. The third-order valence-corrected chi connectivity index (χ3v) is 4.28.